The number of amides is 1. The molecule has 1 aliphatic carbocycles. The van der Waals surface area contributed by atoms with Crippen molar-refractivity contribution >= 4 is 5.91 Å². The number of nitrogens with zero attached hydrogens (tertiary/aromatic N) is 2. The van der Waals surface area contributed by atoms with Crippen LogP contribution in [0.25, 0.3) is 0 Å². The van der Waals surface area contributed by atoms with Gasteiger partial charge in [-0.15, -0.1) is 0 Å². The molecule has 1 amide bonds. The summed E-state index contributed by atoms with van der Waals surface area (Å²) in [6.45, 7) is 7.96. The number of ether oxygens (including phenoxy) is 1. The Morgan fingerprint density at radius 2 is 1.79 bits per heavy atom. The number of piperazine rings is 1. The SMILES string of the molecule is Cc1cccc(OCC(=O)N2CCN(C3CCCCC3)CC2)c1C. The smallest absolute Gasteiger partial charge is 0.260 e. The number of carbonyl (C=O) groups excluding carboxylic acids is 1. The summed E-state index contributed by atoms with van der Waals surface area (Å²) < 4.78 is 5.77. The summed E-state index contributed by atoms with van der Waals surface area (Å²) in [5.41, 5.74) is 2.31. The highest BCUT2D eigenvalue weighted by Crippen LogP contribution is 2.24. The molecule has 0 bridgehead atoms. The van der Waals surface area contributed by atoms with E-state index in [4.69, 9.17) is 4.74 Å². The van der Waals surface area contributed by atoms with Gasteiger partial charge in [0.05, 0.1) is 0 Å². The Balaban J connectivity index is 1.46. The fraction of sp³-hybridized carbons (Fsp3) is 0.650. The van der Waals surface area contributed by atoms with Crippen LogP contribution in [0.1, 0.15) is 43.2 Å². The van der Waals surface area contributed by atoms with Gasteiger partial charge in [-0.25, -0.2) is 0 Å². The molecule has 2 aliphatic rings. The van der Waals surface area contributed by atoms with Crippen LogP contribution < -0.4 is 4.74 Å². The molecule has 1 aliphatic heterocycles. The standard InChI is InChI=1S/C20H30N2O2/c1-16-7-6-10-19(17(16)2)24-15-20(23)22-13-11-21(12-14-22)18-8-4-3-5-9-18/h6-7,10,18H,3-5,8-9,11-15H2,1-2H3. The summed E-state index contributed by atoms with van der Waals surface area (Å²) in [6.07, 6.45) is 6.80. The third-order valence-corrected chi connectivity index (χ3v) is 5.66. The quantitative estimate of drug-likeness (QED) is 0.850. The summed E-state index contributed by atoms with van der Waals surface area (Å²) in [6, 6.07) is 6.73. The minimum Gasteiger partial charge on any atom is -0.483 e. The maximum Gasteiger partial charge on any atom is 0.260 e. The predicted molar refractivity (Wildman–Crippen MR) is 96.4 cm³/mol. The molecule has 3 rings (SSSR count). The molecule has 1 saturated carbocycles. The molecule has 4 heteroatoms. The van der Waals surface area contributed by atoms with E-state index >= 15 is 0 Å². The maximum atomic E-state index is 12.4. The van der Waals surface area contributed by atoms with Gasteiger partial charge in [0.1, 0.15) is 5.75 Å². The molecule has 132 valence electrons. The van der Waals surface area contributed by atoms with Crippen molar-refractivity contribution in [3.8, 4) is 5.75 Å². The van der Waals surface area contributed by atoms with Crippen LogP contribution in [0.3, 0.4) is 0 Å². The van der Waals surface area contributed by atoms with Gasteiger partial charge in [0.25, 0.3) is 5.91 Å². The van der Waals surface area contributed by atoms with E-state index in [2.05, 4.69) is 17.9 Å². The fourth-order valence-electron chi connectivity index (χ4n) is 3.89. The summed E-state index contributed by atoms with van der Waals surface area (Å²) >= 11 is 0. The molecule has 1 saturated heterocycles. The number of rotatable bonds is 4. The fourth-order valence-corrected chi connectivity index (χ4v) is 3.89. The topological polar surface area (TPSA) is 32.8 Å². The average Bonchev–Trinajstić information content (AvgIpc) is 2.63. The Hall–Kier alpha value is -1.55. The second-order valence-electron chi connectivity index (χ2n) is 7.20. The number of aryl methyl sites for hydroxylation is 1. The van der Waals surface area contributed by atoms with Crippen molar-refractivity contribution in [3.63, 3.8) is 0 Å². The number of hydrogen-bond donors (Lipinski definition) is 0. The monoisotopic (exact) mass is 330 g/mol. The molecule has 1 heterocycles. The third-order valence-electron chi connectivity index (χ3n) is 5.66. The molecule has 1 aromatic rings. The highest BCUT2D eigenvalue weighted by molar-refractivity contribution is 5.78. The Morgan fingerprint density at radius 1 is 1.08 bits per heavy atom. The van der Waals surface area contributed by atoms with Crippen LogP contribution in [-0.4, -0.2) is 54.5 Å². The molecule has 0 aromatic heterocycles. The molecule has 2 fully saturated rings. The van der Waals surface area contributed by atoms with E-state index in [1.165, 1.54) is 37.7 Å². The van der Waals surface area contributed by atoms with Crippen LogP contribution in [0.4, 0.5) is 0 Å². The number of carbonyl (C=O) groups is 1. The van der Waals surface area contributed by atoms with Crippen molar-refractivity contribution in [3.05, 3.63) is 29.3 Å². The van der Waals surface area contributed by atoms with E-state index in [1.54, 1.807) is 0 Å². The third kappa shape index (κ3) is 4.10. The van der Waals surface area contributed by atoms with E-state index in [1.807, 2.05) is 24.0 Å². The second-order valence-corrected chi connectivity index (χ2v) is 7.20. The predicted octanol–water partition coefficient (Wildman–Crippen LogP) is 3.16. The lowest BCUT2D eigenvalue weighted by Crippen LogP contribution is -2.53. The lowest BCUT2D eigenvalue weighted by molar-refractivity contribution is -0.135. The normalized spacial score (nSPS) is 20.2. The summed E-state index contributed by atoms with van der Waals surface area (Å²) in [4.78, 5) is 17.0. The van der Waals surface area contributed by atoms with Crippen molar-refractivity contribution in [2.24, 2.45) is 0 Å². The molecule has 0 unspecified atom stereocenters. The zero-order valence-corrected chi connectivity index (χ0v) is 15.1. The van der Waals surface area contributed by atoms with Gasteiger partial charge in [0.2, 0.25) is 0 Å². The zero-order valence-electron chi connectivity index (χ0n) is 15.1. The zero-order chi connectivity index (χ0) is 16.9. The highest BCUT2D eigenvalue weighted by Gasteiger charge is 2.27. The lowest BCUT2D eigenvalue weighted by atomic mass is 9.94. The maximum absolute atomic E-state index is 12.4. The van der Waals surface area contributed by atoms with Crippen LogP contribution in [0.2, 0.25) is 0 Å². The van der Waals surface area contributed by atoms with Crippen LogP contribution in [0.15, 0.2) is 18.2 Å². The average molecular weight is 330 g/mol. The van der Waals surface area contributed by atoms with E-state index in [0.29, 0.717) is 0 Å². The lowest BCUT2D eigenvalue weighted by Gasteiger charge is -2.40. The molecular weight excluding hydrogens is 300 g/mol. The highest BCUT2D eigenvalue weighted by atomic mass is 16.5. The van der Waals surface area contributed by atoms with Crippen molar-refractivity contribution in [1.29, 1.82) is 0 Å². The van der Waals surface area contributed by atoms with Crippen molar-refractivity contribution in [1.82, 2.24) is 9.80 Å². The molecule has 24 heavy (non-hydrogen) atoms. The summed E-state index contributed by atoms with van der Waals surface area (Å²) in [5, 5.41) is 0. The Morgan fingerprint density at radius 3 is 2.50 bits per heavy atom. The van der Waals surface area contributed by atoms with Crippen LogP contribution in [-0.2, 0) is 4.79 Å². The molecule has 0 atom stereocenters. The molecule has 0 spiro atoms. The van der Waals surface area contributed by atoms with E-state index in [0.717, 1.165) is 43.5 Å². The van der Waals surface area contributed by atoms with Gasteiger partial charge in [-0.3, -0.25) is 9.69 Å². The van der Waals surface area contributed by atoms with Crippen LogP contribution in [0.5, 0.6) is 5.75 Å². The molecule has 0 N–H and O–H groups in total. The van der Waals surface area contributed by atoms with E-state index in [-0.39, 0.29) is 12.5 Å². The summed E-state index contributed by atoms with van der Waals surface area (Å²) in [7, 11) is 0. The first-order chi connectivity index (χ1) is 11.6. The first kappa shape index (κ1) is 17.3. The number of benzene rings is 1. The van der Waals surface area contributed by atoms with Crippen LogP contribution >= 0.6 is 0 Å². The van der Waals surface area contributed by atoms with Gasteiger partial charge in [-0.1, -0.05) is 31.4 Å². The molecular formula is C20H30N2O2. The van der Waals surface area contributed by atoms with E-state index < -0.39 is 0 Å². The number of hydrogen-bond acceptors (Lipinski definition) is 3. The Bertz CT molecular complexity index is 559. The summed E-state index contributed by atoms with van der Waals surface area (Å²) in [5.74, 6) is 0.934. The minimum atomic E-state index is 0.110. The largest absolute Gasteiger partial charge is 0.483 e. The van der Waals surface area contributed by atoms with Gasteiger partial charge >= 0.3 is 0 Å². The Kier molecular flexibility index (Phi) is 5.77. The second kappa shape index (κ2) is 8.02. The van der Waals surface area contributed by atoms with Gasteiger partial charge in [0, 0.05) is 32.2 Å². The van der Waals surface area contributed by atoms with E-state index in [9.17, 15) is 4.79 Å². The van der Waals surface area contributed by atoms with Gasteiger partial charge < -0.3 is 9.64 Å². The van der Waals surface area contributed by atoms with Crippen molar-refractivity contribution in [2.45, 2.75) is 52.0 Å². The van der Waals surface area contributed by atoms with Crippen LogP contribution in [0, 0.1) is 13.8 Å². The van der Waals surface area contributed by atoms with Gasteiger partial charge in [0.15, 0.2) is 6.61 Å². The first-order valence-electron chi connectivity index (χ1n) is 9.36. The Labute approximate surface area is 145 Å². The molecule has 0 radical (unpaired) electrons. The first-order valence-corrected chi connectivity index (χ1v) is 9.36. The van der Waals surface area contributed by atoms with Gasteiger partial charge in [-0.05, 0) is 43.9 Å². The molecule has 1 aromatic carbocycles. The van der Waals surface area contributed by atoms with Crippen molar-refractivity contribution < 1.29 is 9.53 Å². The minimum absolute atomic E-state index is 0.110. The molecule has 4 nitrogen and oxygen atoms in total. The van der Waals surface area contributed by atoms with Gasteiger partial charge in [-0.2, -0.15) is 0 Å². The van der Waals surface area contributed by atoms with Crippen molar-refractivity contribution in [2.75, 3.05) is 32.8 Å².